The van der Waals surface area contributed by atoms with Gasteiger partial charge < -0.3 is 10.2 Å². The van der Waals surface area contributed by atoms with Crippen LogP contribution in [-0.4, -0.2) is 22.1 Å². The number of carbonyl (C=O) groups excluding carboxylic acids is 1. The smallest absolute Gasteiger partial charge is 0.165 e. The Morgan fingerprint density at radius 3 is 2.69 bits per heavy atom. The number of benzene rings is 1. The summed E-state index contributed by atoms with van der Waals surface area (Å²) in [5, 5.41) is 18.9. The molecular weight excluding hydrogens is 168 g/mol. The molecule has 3 nitrogen and oxygen atoms in total. The zero-order chi connectivity index (χ0) is 9.42. The van der Waals surface area contributed by atoms with E-state index in [-0.39, 0.29) is 12.2 Å². The Hall–Kier alpha value is -1.19. The first kappa shape index (κ1) is 8.41. The van der Waals surface area contributed by atoms with E-state index in [1.165, 1.54) is 0 Å². The number of Topliss-reactive ketones (excluding diaryl/α,β-unsaturated/α-hetero) is 1. The highest BCUT2D eigenvalue weighted by atomic mass is 16.3. The van der Waals surface area contributed by atoms with Crippen molar-refractivity contribution >= 4 is 5.78 Å². The Bertz CT molecular complexity index is 346. The maximum atomic E-state index is 11.4. The molecule has 3 heteroatoms. The molecule has 1 aliphatic rings. The molecule has 0 amide bonds. The monoisotopic (exact) mass is 178 g/mol. The zero-order valence-corrected chi connectivity index (χ0v) is 6.97. The third-order valence-corrected chi connectivity index (χ3v) is 2.34. The molecule has 2 rings (SSSR count). The highest BCUT2D eigenvalue weighted by molar-refractivity contribution is 5.99. The summed E-state index contributed by atoms with van der Waals surface area (Å²) in [5.74, 6) is -0.103. The van der Waals surface area contributed by atoms with Gasteiger partial charge >= 0.3 is 0 Å². The molecule has 0 bridgehead atoms. The van der Waals surface area contributed by atoms with Crippen molar-refractivity contribution in [1.82, 2.24) is 0 Å². The van der Waals surface area contributed by atoms with Crippen molar-refractivity contribution in [3.63, 3.8) is 0 Å². The number of ketones is 1. The van der Waals surface area contributed by atoms with E-state index in [2.05, 4.69) is 0 Å². The number of hydrogen-bond donors (Lipinski definition) is 2. The molecule has 68 valence electrons. The highest BCUT2D eigenvalue weighted by Crippen LogP contribution is 2.29. The number of hydrogen-bond acceptors (Lipinski definition) is 3. The van der Waals surface area contributed by atoms with Gasteiger partial charge in [0.2, 0.25) is 0 Å². The van der Waals surface area contributed by atoms with Crippen LogP contribution in [0.2, 0.25) is 0 Å². The molecular formula is C10H10O3. The second-order valence-electron chi connectivity index (χ2n) is 3.23. The van der Waals surface area contributed by atoms with Crippen LogP contribution >= 0.6 is 0 Å². The highest BCUT2D eigenvalue weighted by Gasteiger charge is 2.30. The second-order valence-corrected chi connectivity index (χ2v) is 3.23. The van der Waals surface area contributed by atoms with Crippen LogP contribution in [0.4, 0.5) is 0 Å². The average Bonchev–Trinajstić information content (AvgIpc) is 2.15. The molecule has 0 heterocycles. The first-order valence-electron chi connectivity index (χ1n) is 4.18. The van der Waals surface area contributed by atoms with E-state index in [0.717, 1.165) is 0 Å². The Morgan fingerprint density at radius 2 is 1.92 bits per heavy atom. The molecule has 0 fully saturated rings. The predicted octanol–water partition coefficient (Wildman–Crippen LogP) is 0.667. The molecule has 2 N–H and O–H groups in total. The second kappa shape index (κ2) is 2.94. The summed E-state index contributed by atoms with van der Waals surface area (Å²) < 4.78 is 0. The maximum Gasteiger partial charge on any atom is 0.165 e. The van der Waals surface area contributed by atoms with Crippen LogP contribution in [0.25, 0.3) is 0 Å². The average molecular weight is 178 g/mol. The van der Waals surface area contributed by atoms with E-state index in [1.54, 1.807) is 24.3 Å². The Balaban J connectivity index is 2.53. The summed E-state index contributed by atoms with van der Waals surface area (Å²) in [6.45, 7) is 0. The molecule has 0 aliphatic heterocycles. The zero-order valence-electron chi connectivity index (χ0n) is 6.97. The van der Waals surface area contributed by atoms with Crippen LogP contribution in [0.3, 0.4) is 0 Å². The van der Waals surface area contributed by atoms with Gasteiger partial charge in [-0.2, -0.15) is 0 Å². The summed E-state index contributed by atoms with van der Waals surface area (Å²) in [6.07, 6.45) is -1.87. The molecule has 13 heavy (non-hydrogen) atoms. The number of aliphatic hydroxyl groups excluding tert-OH is 2. The lowest BCUT2D eigenvalue weighted by molar-refractivity contribution is 0.00872. The van der Waals surface area contributed by atoms with Crippen molar-refractivity contribution < 1.29 is 15.0 Å². The van der Waals surface area contributed by atoms with E-state index in [0.29, 0.717) is 11.1 Å². The standard InChI is InChI=1S/C10H10O3/c11-8-5-9(12)10(13)7-4-2-1-3-6(7)8/h1-4,9-10,12-13H,5H2/t9-,10+/m0/s1. The minimum absolute atomic E-state index is 0.0121. The summed E-state index contributed by atoms with van der Waals surface area (Å²) in [5.41, 5.74) is 1.06. The van der Waals surface area contributed by atoms with Gasteiger partial charge in [0.15, 0.2) is 5.78 Å². The molecule has 2 atom stereocenters. The normalized spacial score (nSPS) is 27.1. The van der Waals surface area contributed by atoms with Gasteiger partial charge in [-0.1, -0.05) is 24.3 Å². The molecule has 0 unspecified atom stereocenters. The maximum absolute atomic E-state index is 11.4. The van der Waals surface area contributed by atoms with E-state index < -0.39 is 12.2 Å². The van der Waals surface area contributed by atoms with Gasteiger partial charge in [0.25, 0.3) is 0 Å². The molecule has 1 aliphatic carbocycles. The fourth-order valence-corrected chi connectivity index (χ4v) is 1.63. The molecule has 1 aromatic rings. The minimum atomic E-state index is -0.956. The first-order valence-corrected chi connectivity index (χ1v) is 4.18. The molecule has 1 aromatic carbocycles. The van der Waals surface area contributed by atoms with Crippen LogP contribution < -0.4 is 0 Å². The molecule has 0 saturated carbocycles. The van der Waals surface area contributed by atoms with Gasteiger partial charge in [0, 0.05) is 12.0 Å². The van der Waals surface area contributed by atoms with Crippen molar-refractivity contribution in [3.05, 3.63) is 35.4 Å². The fraction of sp³-hybridized carbons (Fsp3) is 0.300. The first-order chi connectivity index (χ1) is 6.20. The number of fused-ring (bicyclic) bond motifs is 1. The summed E-state index contributed by atoms with van der Waals surface area (Å²) >= 11 is 0. The molecule has 0 saturated heterocycles. The van der Waals surface area contributed by atoms with Crippen LogP contribution in [0.1, 0.15) is 28.4 Å². The number of rotatable bonds is 0. The van der Waals surface area contributed by atoms with Crippen molar-refractivity contribution in [2.45, 2.75) is 18.6 Å². The van der Waals surface area contributed by atoms with Crippen LogP contribution in [-0.2, 0) is 0 Å². The van der Waals surface area contributed by atoms with Gasteiger partial charge in [-0.15, -0.1) is 0 Å². The topological polar surface area (TPSA) is 57.5 Å². The van der Waals surface area contributed by atoms with Crippen LogP contribution in [0.15, 0.2) is 24.3 Å². The van der Waals surface area contributed by atoms with E-state index >= 15 is 0 Å². The van der Waals surface area contributed by atoms with Crippen molar-refractivity contribution in [2.75, 3.05) is 0 Å². The van der Waals surface area contributed by atoms with E-state index in [4.69, 9.17) is 0 Å². The number of carbonyl (C=O) groups is 1. The third-order valence-electron chi connectivity index (χ3n) is 2.34. The largest absolute Gasteiger partial charge is 0.390 e. The predicted molar refractivity (Wildman–Crippen MR) is 46.4 cm³/mol. The van der Waals surface area contributed by atoms with Gasteiger partial charge in [0.1, 0.15) is 6.10 Å². The summed E-state index contributed by atoms with van der Waals surface area (Å²) in [4.78, 5) is 11.4. The van der Waals surface area contributed by atoms with Crippen LogP contribution in [0, 0.1) is 0 Å². The Morgan fingerprint density at radius 1 is 1.23 bits per heavy atom. The van der Waals surface area contributed by atoms with Gasteiger partial charge in [-0.3, -0.25) is 4.79 Å². The van der Waals surface area contributed by atoms with Gasteiger partial charge in [0.05, 0.1) is 6.10 Å². The van der Waals surface area contributed by atoms with E-state index in [9.17, 15) is 15.0 Å². The fourth-order valence-electron chi connectivity index (χ4n) is 1.63. The lowest BCUT2D eigenvalue weighted by Crippen LogP contribution is -2.28. The summed E-state index contributed by atoms with van der Waals surface area (Å²) in [6, 6.07) is 6.83. The molecule has 0 radical (unpaired) electrons. The Kier molecular flexibility index (Phi) is 1.90. The molecule has 0 spiro atoms. The third kappa shape index (κ3) is 1.26. The van der Waals surface area contributed by atoms with Crippen molar-refractivity contribution in [3.8, 4) is 0 Å². The van der Waals surface area contributed by atoms with E-state index in [1.807, 2.05) is 0 Å². The van der Waals surface area contributed by atoms with Crippen molar-refractivity contribution in [1.29, 1.82) is 0 Å². The Labute approximate surface area is 75.6 Å². The van der Waals surface area contributed by atoms with Gasteiger partial charge in [-0.25, -0.2) is 0 Å². The molecule has 0 aromatic heterocycles. The number of aliphatic hydroxyl groups is 2. The van der Waals surface area contributed by atoms with Gasteiger partial charge in [-0.05, 0) is 5.56 Å². The van der Waals surface area contributed by atoms with Crippen LogP contribution in [0.5, 0.6) is 0 Å². The summed E-state index contributed by atoms with van der Waals surface area (Å²) in [7, 11) is 0. The minimum Gasteiger partial charge on any atom is -0.390 e. The lowest BCUT2D eigenvalue weighted by Gasteiger charge is -2.24. The quantitative estimate of drug-likeness (QED) is 0.613. The van der Waals surface area contributed by atoms with Crippen molar-refractivity contribution in [2.24, 2.45) is 0 Å². The lowest BCUT2D eigenvalue weighted by atomic mass is 9.87. The SMILES string of the molecule is O=C1C[C@H](O)[C@H](O)c2ccccc21.